The van der Waals surface area contributed by atoms with Crippen LogP contribution < -0.4 is 4.74 Å². The van der Waals surface area contributed by atoms with Crippen LogP contribution in [0.1, 0.15) is 61.6 Å². The molecule has 1 aliphatic rings. The summed E-state index contributed by atoms with van der Waals surface area (Å²) in [5, 5.41) is 0. The number of hydrogen-bond donors (Lipinski definition) is 0. The third-order valence-corrected chi connectivity index (χ3v) is 5.57. The highest BCUT2D eigenvalue weighted by Gasteiger charge is 2.35. The third-order valence-electron chi connectivity index (χ3n) is 5.57. The number of rotatable bonds is 5. The molecule has 0 aromatic heterocycles. The summed E-state index contributed by atoms with van der Waals surface area (Å²) < 4.78 is 71.2. The van der Waals surface area contributed by atoms with Crippen LogP contribution >= 0.6 is 0 Å². The second-order valence-electron chi connectivity index (χ2n) is 7.39. The van der Waals surface area contributed by atoms with Gasteiger partial charge in [0.2, 0.25) is 0 Å². The molecule has 2 aromatic carbocycles. The number of ether oxygens (including phenoxy) is 1. The summed E-state index contributed by atoms with van der Waals surface area (Å²) in [6, 6.07) is 9.33. The van der Waals surface area contributed by atoms with Crippen molar-refractivity contribution in [3.05, 3.63) is 65.2 Å². The van der Waals surface area contributed by atoms with Crippen LogP contribution in [0, 0.1) is 5.92 Å². The Labute approximate surface area is 161 Å². The maximum atomic E-state index is 14.4. The van der Waals surface area contributed by atoms with E-state index in [2.05, 4.69) is 11.7 Å². The Kier molecular flexibility index (Phi) is 5.96. The third kappa shape index (κ3) is 4.83. The fraction of sp³-hybridized carbons (Fsp3) is 0.455. The lowest BCUT2D eigenvalue weighted by molar-refractivity contribution is -0.185. The van der Waals surface area contributed by atoms with Crippen LogP contribution in [0.3, 0.4) is 0 Å². The Balaban J connectivity index is 1.67. The first kappa shape index (κ1) is 20.6. The highest BCUT2D eigenvalue weighted by atomic mass is 19.4. The molecule has 0 unspecified atom stereocenters. The molecule has 0 atom stereocenters. The molecule has 0 bridgehead atoms. The van der Waals surface area contributed by atoms with Gasteiger partial charge in [-0.25, -0.2) is 0 Å². The summed E-state index contributed by atoms with van der Waals surface area (Å²) >= 11 is 0. The zero-order valence-electron chi connectivity index (χ0n) is 15.6. The van der Waals surface area contributed by atoms with Gasteiger partial charge < -0.3 is 4.74 Å². The van der Waals surface area contributed by atoms with E-state index in [4.69, 9.17) is 0 Å². The molecule has 2 aromatic rings. The van der Waals surface area contributed by atoms with Crippen molar-refractivity contribution in [1.29, 1.82) is 0 Å². The largest absolute Gasteiger partial charge is 0.429 e. The molecular formula is C22H23F5O. The summed E-state index contributed by atoms with van der Waals surface area (Å²) in [6.07, 6.45) is -2.51. The Morgan fingerprint density at radius 1 is 0.786 bits per heavy atom. The number of alkyl halides is 5. The summed E-state index contributed by atoms with van der Waals surface area (Å²) in [7, 11) is 0. The Bertz CT molecular complexity index is 757. The molecule has 0 amide bonds. The highest BCUT2D eigenvalue weighted by Crippen LogP contribution is 2.39. The first-order valence-corrected chi connectivity index (χ1v) is 9.53. The molecule has 28 heavy (non-hydrogen) atoms. The molecule has 1 aliphatic carbocycles. The molecule has 0 spiro atoms. The quantitative estimate of drug-likeness (QED) is 0.473. The van der Waals surface area contributed by atoms with E-state index in [-0.39, 0.29) is 11.3 Å². The lowest BCUT2D eigenvalue weighted by Gasteiger charge is -2.28. The normalized spacial score (nSPS) is 20.8. The average Bonchev–Trinajstić information content (AvgIpc) is 2.67. The van der Waals surface area contributed by atoms with Crippen molar-refractivity contribution in [2.45, 2.75) is 57.2 Å². The maximum absolute atomic E-state index is 14.4. The summed E-state index contributed by atoms with van der Waals surface area (Å²) in [4.78, 5) is 0. The van der Waals surface area contributed by atoms with Crippen molar-refractivity contribution >= 4 is 0 Å². The monoisotopic (exact) mass is 398 g/mol. The van der Waals surface area contributed by atoms with Gasteiger partial charge in [0.25, 0.3) is 0 Å². The van der Waals surface area contributed by atoms with Gasteiger partial charge in [0.1, 0.15) is 5.75 Å². The van der Waals surface area contributed by atoms with E-state index in [1.54, 1.807) is 12.1 Å². The molecule has 1 nitrogen and oxygen atoms in total. The lowest BCUT2D eigenvalue weighted by atomic mass is 9.78. The smallest absolute Gasteiger partial charge is 0.426 e. The predicted octanol–water partition coefficient (Wildman–Crippen LogP) is 7.52. The van der Waals surface area contributed by atoms with E-state index in [0.29, 0.717) is 5.92 Å². The predicted molar refractivity (Wildman–Crippen MR) is 97.4 cm³/mol. The Morgan fingerprint density at radius 3 is 1.82 bits per heavy atom. The van der Waals surface area contributed by atoms with Gasteiger partial charge in [-0.3, -0.25) is 0 Å². The molecule has 6 heteroatoms. The first-order valence-electron chi connectivity index (χ1n) is 9.53. The fourth-order valence-corrected chi connectivity index (χ4v) is 3.77. The van der Waals surface area contributed by atoms with E-state index in [1.165, 1.54) is 18.6 Å². The van der Waals surface area contributed by atoms with Crippen molar-refractivity contribution in [2.24, 2.45) is 5.92 Å². The van der Waals surface area contributed by atoms with Crippen LogP contribution in [0.4, 0.5) is 22.0 Å². The van der Waals surface area contributed by atoms with Gasteiger partial charge in [-0.1, -0.05) is 25.5 Å². The van der Waals surface area contributed by atoms with E-state index < -0.39 is 17.8 Å². The molecular weight excluding hydrogens is 375 g/mol. The van der Waals surface area contributed by atoms with Gasteiger partial charge >= 0.3 is 12.3 Å². The molecule has 0 radical (unpaired) electrons. The Hall–Kier alpha value is -2.11. The van der Waals surface area contributed by atoms with Crippen molar-refractivity contribution < 1.29 is 26.7 Å². The van der Waals surface area contributed by atoms with Crippen LogP contribution in [0.25, 0.3) is 0 Å². The average molecular weight is 398 g/mol. The van der Waals surface area contributed by atoms with Gasteiger partial charge in [-0.05, 0) is 79.5 Å². The molecule has 0 saturated heterocycles. The summed E-state index contributed by atoms with van der Waals surface area (Å²) in [5.41, 5.74) is -0.188. The van der Waals surface area contributed by atoms with Crippen molar-refractivity contribution in [3.63, 3.8) is 0 Å². The maximum Gasteiger partial charge on any atom is 0.426 e. The number of halogens is 5. The minimum Gasteiger partial charge on any atom is -0.429 e. The topological polar surface area (TPSA) is 9.23 Å². The molecule has 0 aliphatic heterocycles. The van der Waals surface area contributed by atoms with Gasteiger partial charge in [0.05, 0.1) is 11.1 Å². The van der Waals surface area contributed by atoms with E-state index in [0.717, 1.165) is 61.4 Å². The second-order valence-corrected chi connectivity index (χ2v) is 7.39. The van der Waals surface area contributed by atoms with Crippen LogP contribution in [0.2, 0.25) is 0 Å². The minimum atomic E-state index is -4.52. The van der Waals surface area contributed by atoms with Gasteiger partial charge in [-0.15, -0.1) is 0 Å². The minimum absolute atomic E-state index is 0.319. The first-order chi connectivity index (χ1) is 13.2. The number of benzene rings is 2. The molecule has 152 valence electrons. The van der Waals surface area contributed by atoms with Crippen LogP contribution in [-0.2, 0) is 12.3 Å². The van der Waals surface area contributed by atoms with Gasteiger partial charge in [0, 0.05) is 0 Å². The highest BCUT2D eigenvalue weighted by molar-refractivity contribution is 5.31. The molecule has 1 saturated carbocycles. The van der Waals surface area contributed by atoms with Crippen LogP contribution in [0.5, 0.6) is 5.75 Å². The van der Waals surface area contributed by atoms with Crippen molar-refractivity contribution in [3.8, 4) is 5.75 Å². The standard InChI is InChI=1S/C22H23F5O/c1-2-15-3-5-16(6-4-15)17-7-9-19(10-8-17)22(26,27)28-20-13-11-18(12-14-20)21(23,24)25/h7-16H,2-6H2,1H3. The van der Waals surface area contributed by atoms with Crippen molar-refractivity contribution in [1.82, 2.24) is 0 Å². The molecule has 1 fully saturated rings. The van der Waals surface area contributed by atoms with Gasteiger partial charge in [-0.2, -0.15) is 22.0 Å². The van der Waals surface area contributed by atoms with E-state index >= 15 is 0 Å². The second kappa shape index (κ2) is 8.10. The summed E-state index contributed by atoms with van der Waals surface area (Å²) in [6.45, 7) is 2.19. The lowest BCUT2D eigenvalue weighted by Crippen LogP contribution is -2.22. The molecule has 0 N–H and O–H groups in total. The zero-order valence-corrected chi connectivity index (χ0v) is 15.6. The SMILES string of the molecule is CCC1CCC(c2ccc(C(F)(F)Oc3ccc(C(F)(F)F)cc3)cc2)CC1. The van der Waals surface area contributed by atoms with E-state index in [9.17, 15) is 22.0 Å². The zero-order chi connectivity index (χ0) is 20.4. The van der Waals surface area contributed by atoms with Gasteiger partial charge in [0.15, 0.2) is 0 Å². The number of hydrogen-bond acceptors (Lipinski definition) is 1. The fourth-order valence-electron chi connectivity index (χ4n) is 3.77. The van der Waals surface area contributed by atoms with Crippen molar-refractivity contribution in [2.75, 3.05) is 0 Å². The molecule has 0 heterocycles. The van der Waals surface area contributed by atoms with E-state index in [1.807, 2.05) is 0 Å². The summed E-state index contributed by atoms with van der Waals surface area (Å²) in [5.74, 6) is 0.832. The van der Waals surface area contributed by atoms with Crippen LogP contribution in [0.15, 0.2) is 48.5 Å². The van der Waals surface area contributed by atoms with Crippen LogP contribution in [-0.4, -0.2) is 0 Å². The molecule has 3 rings (SSSR count). The Morgan fingerprint density at radius 2 is 1.32 bits per heavy atom.